The summed E-state index contributed by atoms with van der Waals surface area (Å²) in [4.78, 5) is 33.0. The average Bonchev–Trinajstić information content (AvgIpc) is 3.39. The molecule has 230 valence electrons. The Morgan fingerprint density at radius 3 is 2.06 bits per heavy atom. The largest absolute Gasteiger partial charge is 0.355 e. The van der Waals surface area contributed by atoms with E-state index in [-0.39, 0.29) is 11.3 Å². The number of hydrogen-bond donors (Lipinski definition) is 0. The van der Waals surface area contributed by atoms with Gasteiger partial charge >= 0.3 is 0 Å². The van der Waals surface area contributed by atoms with Gasteiger partial charge in [-0.25, -0.2) is 0 Å². The second-order valence-electron chi connectivity index (χ2n) is 13.7. The molecule has 2 bridgehead atoms. The molecule has 1 unspecified atom stereocenters. The number of hydrogen-bond acceptors (Lipinski definition) is 3. The number of fused-ring (bicyclic) bond motifs is 8. The second kappa shape index (κ2) is 9.65. The molecule has 1 atom stereocenters. The summed E-state index contributed by atoms with van der Waals surface area (Å²) in [5.41, 5.74) is 6.88. The van der Waals surface area contributed by atoms with Gasteiger partial charge in [0.15, 0.2) is 5.43 Å². The number of carbonyl (C=O) groups is 1. The molecule has 2 aliphatic rings. The van der Waals surface area contributed by atoms with Crippen LogP contribution in [0.1, 0.15) is 40.7 Å². The van der Waals surface area contributed by atoms with Gasteiger partial charge in [-0.3, -0.25) is 14.5 Å². The molecule has 0 N–H and O–H groups in total. The van der Waals surface area contributed by atoms with E-state index in [1.54, 1.807) is 0 Å². The Kier molecular flexibility index (Phi) is 5.50. The molecular weight excluding hydrogens is 588 g/mol. The van der Waals surface area contributed by atoms with E-state index in [2.05, 4.69) is 91.6 Å². The number of rotatable bonds is 1. The van der Waals surface area contributed by atoms with Crippen molar-refractivity contribution in [2.24, 2.45) is 0 Å². The third kappa shape index (κ3) is 3.49. The summed E-state index contributed by atoms with van der Waals surface area (Å²) in [6.45, 7) is 4.86. The van der Waals surface area contributed by atoms with Crippen LogP contribution in [0, 0.1) is 6.92 Å². The molecule has 4 nitrogen and oxygen atoms in total. The number of nitrogens with zero attached hydrogens (tertiary/aromatic N) is 2. The summed E-state index contributed by atoms with van der Waals surface area (Å²) in [5.74, 6) is 0.308. The van der Waals surface area contributed by atoms with E-state index in [4.69, 9.17) is 0 Å². The van der Waals surface area contributed by atoms with Gasteiger partial charge in [-0.05, 0) is 115 Å². The highest BCUT2D eigenvalue weighted by molar-refractivity contribution is 6.38. The van der Waals surface area contributed by atoms with Crippen LogP contribution in [-0.2, 0) is 0 Å². The van der Waals surface area contributed by atoms with Gasteiger partial charge < -0.3 is 4.90 Å². The minimum atomic E-state index is 0.00476. The molecule has 10 rings (SSSR count). The second-order valence-corrected chi connectivity index (χ2v) is 13.7. The van der Waals surface area contributed by atoms with E-state index in [0.29, 0.717) is 18.2 Å². The zero-order chi connectivity index (χ0) is 32.4. The van der Waals surface area contributed by atoms with Crippen LogP contribution in [0.25, 0.3) is 71.1 Å². The fourth-order valence-electron chi connectivity index (χ4n) is 8.78. The van der Waals surface area contributed by atoms with E-state index in [1.807, 2.05) is 48.3 Å². The number of benzene rings is 7. The van der Waals surface area contributed by atoms with Crippen LogP contribution in [0.4, 0.5) is 11.4 Å². The maximum atomic E-state index is 14.6. The maximum absolute atomic E-state index is 14.6. The SMILES string of the molecule is Cc1ccc2c3ccc4/c5cc(c(=O)c6ccc(c7ccc(C(=O)N8CN(C)c9ccccc98)c1c72)c3c64)-c1ccccc1C(C)C/C=5. The number of carbonyl (C=O) groups excluding carboxylic acids is 1. The number of amides is 1. The first kappa shape index (κ1) is 27.4. The lowest BCUT2D eigenvalue weighted by atomic mass is 9.85. The fraction of sp³-hybridized carbons (Fsp3) is 0.136. The molecule has 8 aromatic rings. The van der Waals surface area contributed by atoms with Crippen molar-refractivity contribution in [3.05, 3.63) is 135 Å². The van der Waals surface area contributed by atoms with Gasteiger partial charge in [-0.2, -0.15) is 0 Å². The van der Waals surface area contributed by atoms with Gasteiger partial charge in [0.05, 0.1) is 18.0 Å². The number of para-hydroxylation sites is 2. The van der Waals surface area contributed by atoms with Crippen molar-refractivity contribution in [1.82, 2.24) is 0 Å². The van der Waals surface area contributed by atoms with Crippen molar-refractivity contribution in [2.75, 3.05) is 23.5 Å². The summed E-state index contributed by atoms with van der Waals surface area (Å²) in [6.07, 6.45) is 3.22. The third-order valence-electron chi connectivity index (χ3n) is 11.1. The van der Waals surface area contributed by atoms with Crippen molar-refractivity contribution >= 4 is 77.2 Å². The van der Waals surface area contributed by atoms with Gasteiger partial charge in [0.25, 0.3) is 5.91 Å². The molecule has 8 aromatic carbocycles. The Balaban J connectivity index is 1.31. The summed E-state index contributed by atoms with van der Waals surface area (Å²) < 4.78 is 0. The molecule has 4 heteroatoms. The fourth-order valence-corrected chi connectivity index (χ4v) is 8.78. The summed E-state index contributed by atoms with van der Waals surface area (Å²) in [5, 5.41) is 11.6. The van der Waals surface area contributed by atoms with E-state index >= 15 is 0 Å². The first-order chi connectivity index (χ1) is 23.4. The monoisotopic (exact) mass is 620 g/mol. The highest BCUT2D eigenvalue weighted by Gasteiger charge is 2.30. The smallest absolute Gasteiger partial charge is 0.260 e. The first-order valence-corrected chi connectivity index (χ1v) is 16.8. The van der Waals surface area contributed by atoms with Gasteiger partial charge in [-0.15, -0.1) is 0 Å². The molecule has 1 aliphatic heterocycles. The normalized spacial score (nSPS) is 16.4. The predicted octanol–water partition coefficient (Wildman–Crippen LogP) is 9.29. The Morgan fingerprint density at radius 2 is 1.27 bits per heavy atom. The molecule has 0 saturated carbocycles. The Labute approximate surface area is 277 Å². The van der Waals surface area contributed by atoms with Crippen LogP contribution in [-0.4, -0.2) is 19.6 Å². The van der Waals surface area contributed by atoms with Gasteiger partial charge in [-0.1, -0.05) is 85.8 Å². The minimum Gasteiger partial charge on any atom is -0.355 e. The average molecular weight is 621 g/mol. The van der Waals surface area contributed by atoms with Gasteiger partial charge in [0.1, 0.15) is 0 Å². The topological polar surface area (TPSA) is 40.6 Å². The summed E-state index contributed by atoms with van der Waals surface area (Å²) in [7, 11) is 2.03. The van der Waals surface area contributed by atoms with E-state index in [9.17, 15) is 9.59 Å². The van der Waals surface area contributed by atoms with Crippen molar-refractivity contribution in [2.45, 2.75) is 26.2 Å². The summed E-state index contributed by atoms with van der Waals surface area (Å²) >= 11 is 0. The lowest BCUT2D eigenvalue weighted by molar-refractivity contribution is 0.0990. The molecule has 48 heavy (non-hydrogen) atoms. The third-order valence-corrected chi connectivity index (χ3v) is 11.1. The molecule has 1 heterocycles. The standard InChI is InChI=1S/C44H32N2O2/c1-24-12-14-26-22-36(29-9-5-4-8-27(24)29)43(47)34-20-18-33-31-19-21-35(44(48)46-23-45(3)37-10-6-7-11-38(37)46)39-25(2)13-15-30(41(31)39)32-17-16-28(26)40(34)42(32)33/h4-11,13-22,24H,12,23H2,1-3H3/b26-14-. The van der Waals surface area contributed by atoms with E-state index in [1.165, 1.54) is 5.56 Å². The van der Waals surface area contributed by atoms with Gasteiger partial charge in [0.2, 0.25) is 0 Å². The molecule has 1 amide bonds. The van der Waals surface area contributed by atoms with Crippen molar-refractivity contribution in [3.63, 3.8) is 0 Å². The zero-order valence-corrected chi connectivity index (χ0v) is 27.1. The molecule has 0 aromatic heterocycles. The highest BCUT2D eigenvalue weighted by Crippen LogP contribution is 2.45. The Bertz CT molecular complexity index is 2810. The zero-order valence-electron chi connectivity index (χ0n) is 27.1. The minimum absolute atomic E-state index is 0.00476. The van der Waals surface area contributed by atoms with Crippen molar-refractivity contribution in [3.8, 4) is 11.1 Å². The summed E-state index contributed by atoms with van der Waals surface area (Å²) in [6, 6.07) is 35.7. The first-order valence-electron chi connectivity index (χ1n) is 16.8. The van der Waals surface area contributed by atoms with Crippen LogP contribution in [0.5, 0.6) is 0 Å². The molecule has 0 saturated heterocycles. The van der Waals surface area contributed by atoms with E-state index < -0.39 is 0 Å². The van der Waals surface area contributed by atoms with Crippen LogP contribution in [0.15, 0.2) is 108 Å². The molecule has 0 spiro atoms. The van der Waals surface area contributed by atoms with Crippen molar-refractivity contribution < 1.29 is 4.79 Å². The lowest BCUT2D eigenvalue weighted by Gasteiger charge is -2.21. The Morgan fingerprint density at radius 1 is 0.667 bits per heavy atom. The number of anilines is 2. The molecular formula is C44H32N2O2. The molecule has 0 fully saturated rings. The Hall–Kier alpha value is -5.74. The lowest BCUT2D eigenvalue weighted by Crippen LogP contribution is -2.34. The van der Waals surface area contributed by atoms with Crippen LogP contribution in [0.3, 0.4) is 0 Å². The van der Waals surface area contributed by atoms with Crippen molar-refractivity contribution in [1.29, 1.82) is 0 Å². The number of aryl methyl sites for hydroxylation is 1. The molecule has 0 radical (unpaired) electrons. The predicted molar refractivity (Wildman–Crippen MR) is 201 cm³/mol. The maximum Gasteiger partial charge on any atom is 0.260 e. The quantitative estimate of drug-likeness (QED) is 0.136. The van der Waals surface area contributed by atoms with Crippen LogP contribution < -0.4 is 20.4 Å². The van der Waals surface area contributed by atoms with E-state index in [0.717, 1.165) is 93.6 Å². The highest BCUT2D eigenvalue weighted by atomic mass is 16.2. The van der Waals surface area contributed by atoms with Crippen LogP contribution in [0.2, 0.25) is 0 Å². The molecule has 1 aliphatic carbocycles. The van der Waals surface area contributed by atoms with Crippen LogP contribution >= 0.6 is 0 Å². The van der Waals surface area contributed by atoms with Gasteiger partial charge in [0, 0.05) is 28.9 Å².